The van der Waals surface area contributed by atoms with E-state index in [0.717, 1.165) is 0 Å². The molecule has 0 spiro atoms. The molecule has 0 aromatic rings. The lowest BCUT2D eigenvalue weighted by atomic mass is 10.3. The van der Waals surface area contributed by atoms with Crippen molar-refractivity contribution in [1.29, 1.82) is 0 Å². The molecule has 0 saturated heterocycles. The summed E-state index contributed by atoms with van der Waals surface area (Å²) in [7, 11) is -0.0816. The fourth-order valence-corrected chi connectivity index (χ4v) is 0.706. The summed E-state index contributed by atoms with van der Waals surface area (Å²) in [5.41, 5.74) is 0. The molecule has 1 atom stereocenters. The summed E-state index contributed by atoms with van der Waals surface area (Å²) < 4.78 is 4.70. The van der Waals surface area contributed by atoms with Crippen LogP contribution in [-0.4, -0.2) is 34.9 Å². The summed E-state index contributed by atoms with van der Waals surface area (Å²) in [5, 5.41) is 16.3. The molecule has 2 N–H and O–H groups in total. The summed E-state index contributed by atoms with van der Waals surface area (Å²) >= 11 is 0. The second-order valence-electron chi connectivity index (χ2n) is 1.63. The first-order valence-electron chi connectivity index (χ1n) is 2.90. The zero-order chi connectivity index (χ0) is 8.69. The highest BCUT2D eigenvalue weighted by atomic mass is 31.1. The third-order valence-corrected chi connectivity index (χ3v) is 1.37. The van der Waals surface area contributed by atoms with Crippen LogP contribution >= 0.6 is 8.81 Å². The number of rotatable bonds is 6. The van der Waals surface area contributed by atoms with Crippen molar-refractivity contribution < 1.29 is 24.3 Å². The van der Waals surface area contributed by atoms with Crippen LogP contribution in [0.3, 0.4) is 0 Å². The Hall–Kier alpha value is -0.510. The van der Waals surface area contributed by atoms with Crippen LogP contribution in [0.25, 0.3) is 0 Å². The topological polar surface area (TPSA) is 83.8 Å². The molecule has 64 valence electrons. The van der Waals surface area contributed by atoms with E-state index in [2.05, 4.69) is 0 Å². The molecule has 0 heterocycles. The van der Waals surface area contributed by atoms with Crippen LogP contribution in [0.4, 0.5) is 0 Å². The molecule has 0 amide bonds. The maximum absolute atomic E-state index is 10.4. The molecule has 0 saturated carbocycles. The maximum atomic E-state index is 10.4. The third-order valence-electron chi connectivity index (χ3n) is 0.836. The molecule has 1 unspecified atom stereocenters. The number of hydrogen-bond donors (Lipinski definition) is 2. The number of Topliss-reactive ketones (excluding diaryl/α,β-unsaturated/α-hetero) is 1. The largest absolute Gasteiger partial charge is 0.475 e. The summed E-state index contributed by atoms with van der Waals surface area (Å²) in [6.45, 7) is 0.0597. The van der Waals surface area contributed by atoms with Crippen molar-refractivity contribution in [3.63, 3.8) is 0 Å². The van der Waals surface area contributed by atoms with E-state index >= 15 is 0 Å². The molecule has 0 aliphatic rings. The molecule has 0 aliphatic carbocycles. The van der Waals surface area contributed by atoms with Gasteiger partial charge in [0, 0.05) is 15.2 Å². The lowest BCUT2D eigenvalue weighted by Crippen LogP contribution is -2.13. The minimum atomic E-state index is -1.44. The smallest absolute Gasteiger partial charge is 0.372 e. The van der Waals surface area contributed by atoms with E-state index in [1.165, 1.54) is 0 Å². The molecule has 0 aliphatic heterocycles. The quantitative estimate of drug-likeness (QED) is 0.330. The van der Waals surface area contributed by atoms with Crippen LogP contribution in [-0.2, 0) is 14.1 Å². The number of carboxylic acid groups (broad SMARTS) is 1. The maximum Gasteiger partial charge on any atom is 0.372 e. The van der Waals surface area contributed by atoms with Crippen molar-refractivity contribution in [2.24, 2.45) is 0 Å². The molecular weight excluding hydrogens is 171 g/mol. The Morgan fingerprint density at radius 3 is 2.55 bits per heavy atom. The summed E-state index contributed by atoms with van der Waals surface area (Å²) in [6, 6.07) is 0. The first kappa shape index (κ1) is 10.5. The summed E-state index contributed by atoms with van der Waals surface area (Å²) in [5.74, 6) is -2.31. The summed E-state index contributed by atoms with van der Waals surface area (Å²) in [6.07, 6.45) is -0.233. The van der Waals surface area contributed by atoms with Gasteiger partial charge in [-0.25, -0.2) is 4.79 Å². The van der Waals surface area contributed by atoms with Gasteiger partial charge in [-0.3, -0.25) is 4.79 Å². The normalized spacial score (nSPS) is 10.6. The number of aliphatic hydroxyl groups excluding tert-OH is 1. The van der Waals surface area contributed by atoms with Gasteiger partial charge in [-0.2, -0.15) is 0 Å². The average Bonchev–Trinajstić information content (AvgIpc) is 1.97. The van der Waals surface area contributed by atoms with Crippen molar-refractivity contribution in [3.05, 3.63) is 0 Å². The Morgan fingerprint density at radius 1 is 1.45 bits per heavy atom. The number of aliphatic carboxylic acids is 1. The van der Waals surface area contributed by atoms with Gasteiger partial charge in [-0.05, 0) is 0 Å². The monoisotopic (exact) mass is 180 g/mol. The van der Waals surface area contributed by atoms with Crippen LogP contribution in [0.2, 0.25) is 0 Å². The van der Waals surface area contributed by atoms with E-state index in [9.17, 15) is 9.59 Å². The predicted octanol–water partition coefficient (Wildman–Crippen LogP) is -0.410. The van der Waals surface area contributed by atoms with E-state index < -0.39 is 11.8 Å². The van der Waals surface area contributed by atoms with Gasteiger partial charge in [0.25, 0.3) is 0 Å². The standard InChI is InChI=1S/C5H9O5P/c6-3-11-10-2-1-4(7)5(8)9/h6,11H,1-3H2,(H,8,9). The van der Waals surface area contributed by atoms with Gasteiger partial charge in [0.1, 0.15) is 0 Å². The number of carbonyl (C=O) groups is 2. The number of carbonyl (C=O) groups excluding carboxylic acids is 1. The Labute approximate surface area is 65.2 Å². The second-order valence-corrected chi connectivity index (χ2v) is 2.52. The Kier molecular flexibility index (Phi) is 5.93. The lowest BCUT2D eigenvalue weighted by molar-refractivity contribution is -0.149. The molecule has 0 aromatic heterocycles. The molecule has 0 rings (SSSR count). The minimum absolute atomic E-state index is 0.0597. The van der Waals surface area contributed by atoms with Gasteiger partial charge in [-0.1, -0.05) is 0 Å². The molecule has 5 nitrogen and oxygen atoms in total. The second kappa shape index (κ2) is 6.22. The molecule has 0 radical (unpaired) electrons. The molecule has 0 bridgehead atoms. The number of ketones is 1. The Balaban J connectivity index is 3.25. The van der Waals surface area contributed by atoms with Gasteiger partial charge in [-0.15, -0.1) is 0 Å². The first-order valence-corrected chi connectivity index (χ1v) is 4.01. The molecule has 11 heavy (non-hydrogen) atoms. The summed E-state index contributed by atoms with van der Waals surface area (Å²) in [4.78, 5) is 20.3. The fourth-order valence-electron chi connectivity index (χ4n) is 0.368. The Bertz CT molecular complexity index is 146. The SMILES string of the molecule is O=C(O)C(=O)CCOPCO. The highest BCUT2D eigenvalue weighted by Gasteiger charge is 2.09. The van der Waals surface area contributed by atoms with Gasteiger partial charge in [0.15, 0.2) is 0 Å². The Morgan fingerprint density at radius 2 is 2.09 bits per heavy atom. The zero-order valence-corrected chi connectivity index (χ0v) is 6.74. The van der Waals surface area contributed by atoms with E-state index in [1.54, 1.807) is 0 Å². The van der Waals surface area contributed by atoms with Crippen molar-refractivity contribution in [3.8, 4) is 0 Å². The highest BCUT2D eigenvalue weighted by molar-refractivity contribution is 7.31. The number of aliphatic hydroxyl groups is 1. The lowest BCUT2D eigenvalue weighted by Gasteiger charge is -1.97. The van der Waals surface area contributed by atoms with Crippen molar-refractivity contribution >= 4 is 20.6 Å². The average molecular weight is 180 g/mol. The third kappa shape index (κ3) is 5.91. The number of carboxylic acids is 1. The highest BCUT2D eigenvalue weighted by Crippen LogP contribution is 2.08. The van der Waals surface area contributed by atoms with Crippen LogP contribution in [0.15, 0.2) is 0 Å². The van der Waals surface area contributed by atoms with Crippen molar-refractivity contribution in [2.45, 2.75) is 6.42 Å². The van der Waals surface area contributed by atoms with Gasteiger partial charge < -0.3 is 14.7 Å². The zero-order valence-electron chi connectivity index (χ0n) is 5.74. The van der Waals surface area contributed by atoms with Gasteiger partial charge in [0.2, 0.25) is 5.78 Å². The molecule has 0 fully saturated rings. The van der Waals surface area contributed by atoms with Crippen LogP contribution in [0.1, 0.15) is 6.42 Å². The minimum Gasteiger partial charge on any atom is -0.475 e. The molecule has 0 aromatic carbocycles. The van der Waals surface area contributed by atoms with E-state index in [0.29, 0.717) is 0 Å². The molecule has 6 heteroatoms. The van der Waals surface area contributed by atoms with Crippen LogP contribution in [0.5, 0.6) is 0 Å². The van der Waals surface area contributed by atoms with Crippen LogP contribution in [0, 0.1) is 0 Å². The van der Waals surface area contributed by atoms with E-state index in [1.807, 2.05) is 0 Å². The van der Waals surface area contributed by atoms with E-state index in [-0.39, 0.29) is 28.2 Å². The van der Waals surface area contributed by atoms with Crippen molar-refractivity contribution in [1.82, 2.24) is 0 Å². The van der Waals surface area contributed by atoms with Crippen LogP contribution < -0.4 is 0 Å². The van der Waals surface area contributed by atoms with E-state index in [4.69, 9.17) is 14.7 Å². The van der Waals surface area contributed by atoms with Gasteiger partial charge >= 0.3 is 5.97 Å². The number of hydrogen-bond acceptors (Lipinski definition) is 4. The first-order chi connectivity index (χ1) is 5.18. The van der Waals surface area contributed by atoms with Gasteiger partial charge in [0.05, 0.1) is 13.0 Å². The van der Waals surface area contributed by atoms with Crippen molar-refractivity contribution in [2.75, 3.05) is 13.0 Å². The fraction of sp³-hybridized carbons (Fsp3) is 0.600. The predicted molar refractivity (Wildman–Crippen MR) is 38.6 cm³/mol. The molecular formula is C5H9O5P.